The van der Waals surface area contributed by atoms with Crippen LogP contribution in [0.5, 0.6) is 0 Å². The molecular weight excluding hydrogens is 282 g/mol. The second kappa shape index (κ2) is 8.11. The highest BCUT2D eigenvalue weighted by Crippen LogP contribution is 2.27. The number of hydrogen-bond acceptors (Lipinski definition) is 5. The Labute approximate surface area is 132 Å². The maximum Gasteiger partial charge on any atom is 0.158 e. The molecule has 1 aliphatic heterocycles. The van der Waals surface area contributed by atoms with Crippen LogP contribution in [0.3, 0.4) is 0 Å². The molecule has 0 aromatic carbocycles. The fraction of sp³-hybridized carbons (Fsp3) is 0.750. The second-order valence-corrected chi connectivity index (χ2v) is 6.86. The topological polar surface area (TPSA) is 47.0 Å². The van der Waals surface area contributed by atoms with Gasteiger partial charge in [0.15, 0.2) is 5.82 Å². The van der Waals surface area contributed by atoms with Crippen molar-refractivity contribution in [3.63, 3.8) is 0 Å². The Morgan fingerprint density at radius 1 is 1.33 bits per heavy atom. The van der Waals surface area contributed by atoms with Gasteiger partial charge in [-0.3, -0.25) is 0 Å². The van der Waals surface area contributed by atoms with Crippen molar-refractivity contribution in [1.29, 1.82) is 0 Å². The van der Waals surface area contributed by atoms with Crippen LogP contribution in [-0.2, 0) is 4.74 Å². The Morgan fingerprint density at radius 2 is 2.05 bits per heavy atom. The summed E-state index contributed by atoms with van der Waals surface area (Å²) in [7, 11) is 0. The highest BCUT2D eigenvalue weighted by Gasteiger charge is 2.22. The van der Waals surface area contributed by atoms with Crippen LogP contribution < -0.4 is 5.32 Å². The van der Waals surface area contributed by atoms with Gasteiger partial charge in [0.25, 0.3) is 0 Å². The van der Waals surface area contributed by atoms with E-state index in [4.69, 9.17) is 14.7 Å². The minimum Gasteiger partial charge on any atom is -0.368 e. The SMILES string of the molecule is CCCNCC(C)c1c(C)nc(C2CSCCO2)nc1C. The van der Waals surface area contributed by atoms with Gasteiger partial charge in [0.2, 0.25) is 0 Å². The standard InChI is InChI=1S/C16H27N3OS/c1-5-6-17-9-11(2)15-12(3)18-16(19-13(15)4)14-10-21-8-7-20-14/h11,14,17H,5-10H2,1-4H3. The molecule has 2 rings (SSSR count). The van der Waals surface area contributed by atoms with E-state index in [1.807, 2.05) is 11.8 Å². The van der Waals surface area contributed by atoms with Gasteiger partial charge in [0, 0.05) is 29.4 Å². The molecule has 21 heavy (non-hydrogen) atoms. The summed E-state index contributed by atoms with van der Waals surface area (Å²) in [5.41, 5.74) is 3.48. The normalized spacial score (nSPS) is 20.5. The Kier molecular flexibility index (Phi) is 6.45. The van der Waals surface area contributed by atoms with E-state index in [1.165, 1.54) is 5.56 Å². The lowest BCUT2D eigenvalue weighted by molar-refractivity contribution is 0.0691. The zero-order valence-electron chi connectivity index (χ0n) is 13.6. The molecule has 1 aromatic rings. The third-order valence-corrected chi connectivity index (χ3v) is 4.81. The van der Waals surface area contributed by atoms with E-state index in [1.54, 1.807) is 0 Å². The van der Waals surface area contributed by atoms with E-state index in [-0.39, 0.29) is 6.10 Å². The number of nitrogens with one attached hydrogen (secondary N) is 1. The summed E-state index contributed by atoms with van der Waals surface area (Å²) in [5, 5.41) is 3.48. The number of rotatable bonds is 6. The minimum absolute atomic E-state index is 0.0590. The molecule has 2 heterocycles. The van der Waals surface area contributed by atoms with Gasteiger partial charge >= 0.3 is 0 Å². The van der Waals surface area contributed by atoms with E-state index < -0.39 is 0 Å². The van der Waals surface area contributed by atoms with Crippen LogP contribution in [-0.4, -0.2) is 41.2 Å². The van der Waals surface area contributed by atoms with Crippen LogP contribution in [0.15, 0.2) is 0 Å². The maximum absolute atomic E-state index is 5.80. The van der Waals surface area contributed by atoms with E-state index in [0.717, 1.165) is 54.8 Å². The van der Waals surface area contributed by atoms with Crippen molar-refractivity contribution < 1.29 is 4.74 Å². The molecule has 4 nitrogen and oxygen atoms in total. The highest BCUT2D eigenvalue weighted by molar-refractivity contribution is 7.99. The first-order valence-electron chi connectivity index (χ1n) is 7.88. The van der Waals surface area contributed by atoms with Crippen LogP contribution in [0.4, 0.5) is 0 Å². The molecule has 0 amide bonds. The molecule has 0 radical (unpaired) electrons. The predicted molar refractivity (Wildman–Crippen MR) is 89.1 cm³/mol. The van der Waals surface area contributed by atoms with Gasteiger partial charge in [-0.1, -0.05) is 13.8 Å². The summed E-state index contributed by atoms with van der Waals surface area (Å²) in [4.78, 5) is 9.46. The fourth-order valence-corrected chi connectivity index (χ4v) is 3.68. The summed E-state index contributed by atoms with van der Waals surface area (Å²) in [6.07, 6.45) is 1.22. The zero-order chi connectivity index (χ0) is 15.2. The fourth-order valence-electron chi connectivity index (χ4n) is 2.84. The zero-order valence-corrected chi connectivity index (χ0v) is 14.4. The summed E-state index contributed by atoms with van der Waals surface area (Å²) >= 11 is 1.92. The van der Waals surface area contributed by atoms with Crippen molar-refractivity contribution in [2.45, 2.75) is 46.1 Å². The molecular formula is C16H27N3OS. The average molecular weight is 309 g/mol. The van der Waals surface area contributed by atoms with Gasteiger partial charge in [0.1, 0.15) is 6.10 Å². The first kappa shape index (κ1) is 16.7. The number of nitrogens with zero attached hydrogens (tertiary/aromatic N) is 2. The smallest absolute Gasteiger partial charge is 0.158 e. The third kappa shape index (κ3) is 4.41. The van der Waals surface area contributed by atoms with Gasteiger partial charge < -0.3 is 10.1 Å². The lowest BCUT2D eigenvalue weighted by Gasteiger charge is -2.23. The lowest BCUT2D eigenvalue weighted by atomic mass is 9.97. The molecule has 1 aromatic heterocycles. The van der Waals surface area contributed by atoms with Crippen molar-refractivity contribution in [2.75, 3.05) is 31.2 Å². The Morgan fingerprint density at radius 3 is 2.62 bits per heavy atom. The summed E-state index contributed by atoms with van der Waals surface area (Å²) in [6, 6.07) is 0. The largest absolute Gasteiger partial charge is 0.368 e. The van der Waals surface area contributed by atoms with Gasteiger partial charge in [-0.15, -0.1) is 0 Å². The maximum atomic E-state index is 5.80. The summed E-state index contributed by atoms with van der Waals surface area (Å²) in [6.45, 7) is 11.5. The number of thioether (sulfide) groups is 1. The Bertz CT molecular complexity index is 438. The summed E-state index contributed by atoms with van der Waals surface area (Å²) < 4.78 is 5.80. The average Bonchev–Trinajstić information content (AvgIpc) is 2.47. The molecule has 0 aliphatic carbocycles. The van der Waals surface area contributed by atoms with Crippen molar-refractivity contribution >= 4 is 11.8 Å². The molecule has 1 saturated heterocycles. The number of ether oxygens (including phenoxy) is 1. The molecule has 2 atom stereocenters. The van der Waals surface area contributed by atoms with Gasteiger partial charge in [-0.25, -0.2) is 9.97 Å². The van der Waals surface area contributed by atoms with Gasteiger partial charge in [-0.05, 0) is 38.3 Å². The van der Waals surface area contributed by atoms with Crippen molar-refractivity contribution in [1.82, 2.24) is 15.3 Å². The van der Waals surface area contributed by atoms with E-state index in [2.05, 4.69) is 33.0 Å². The molecule has 5 heteroatoms. The van der Waals surface area contributed by atoms with Crippen LogP contribution in [0, 0.1) is 13.8 Å². The van der Waals surface area contributed by atoms with Crippen molar-refractivity contribution in [3.05, 3.63) is 22.8 Å². The van der Waals surface area contributed by atoms with Gasteiger partial charge in [-0.2, -0.15) is 11.8 Å². The second-order valence-electron chi connectivity index (χ2n) is 5.71. The monoisotopic (exact) mass is 309 g/mol. The lowest BCUT2D eigenvalue weighted by Crippen LogP contribution is -2.24. The molecule has 2 unspecified atom stereocenters. The van der Waals surface area contributed by atoms with Crippen LogP contribution in [0.1, 0.15) is 55.1 Å². The molecule has 0 saturated carbocycles. The van der Waals surface area contributed by atoms with Crippen LogP contribution in [0.2, 0.25) is 0 Å². The quantitative estimate of drug-likeness (QED) is 0.819. The van der Waals surface area contributed by atoms with Crippen molar-refractivity contribution in [2.24, 2.45) is 0 Å². The predicted octanol–water partition coefficient (Wildman–Crippen LogP) is 3.00. The molecule has 1 N–H and O–H groups in total. The highest BCUT2D eigenvalue weighted by atomic mass is 32.2. The number of hydrogen-bond donors (Lipinski definition) is 1. The molecule has 0 spiro atoms. The van der Waals surface area contributed by atoms with E-state index in [9.17, 15) is 0 Å². The van der Waals surface area contributed by atoms with E-state index >= 15 is 0 Å². The Hall–Kier alpha value is -0.650. The summed E-state index contributed by atoms with van der Waals surface area (Å²) in [5.74, 6) is 3.33. The van der Waals surface area contributed by atoms with Crippen LogP contribution >= 0.6 is 11.8 Å². The first-order chi connectivity index (χ1) is 10.1. The molecule has 1 fully saturated rings. The first-order valence-corrected chi connectivity index (χ1v) is 9.04. The number of aryl methyl sites for hydroxylation is 2. The number of aromatic nitrogens is 2. The molecule has 0 bridgehead atoms. The minimum atomic E-state index is 0.0590. The van der Waals surface area contributed by atoms with Crippen molar-refractivity contribution in [3.8, 4) is 0 Å². The van der Waals surface area contributed by atoms with E-state index in [0.29, 0.717) is 5.92 Å². The molecule has 1 aliphatic rings. The van der Waals surface area contributed by atoms with Crippen LogP contribution in [0.25, 0.3) is 0 Å². The van der Waals surface area contributed by atoms with Gasteiger partial charge in [0.05, 0.1) is 6.61 Å². The Balaban J connectivity index is 2.12. The third-order valence-electron chi connectivity index (χ3n) is 3.82. The molecule has 118 valence electrons.